The molecule has 0 radical (unpaired) electrons. The van der Waals surface area contributed by atoms with E-state index in [2.05, 4.69) is 15.3 Å². The Hall–Kier alpha value is -2.17. The molecular weight excluding hydrogens is 230 g/mol. The van der Waals surface area contributed by atoms with Crippen molar-refractivity contribution in [3.8, 4) is 11.5 Å². The van der Waals surface area contributed by atoms with E-state index in [4.69, 9.17) is 9.47 Å². The van der Waals surface area contributed by atoms with E-state index in [1.807, 2.05) is 31.3 Å². The van der Waals surface area contributed by atoms with Crippen LogP contribution in [0.3, 0.4) is 0 Å². The number of anilines is 1. The van der Waals surface area contributed by atoms with Crippen molar-refractivity contribution in [2.24, 2.45) is 0 Å². The summed E-state index contributed by atoms with van der Waals surface area (Å²) in [5.41, 5.74) is 1.98. The number of nitrogens with zero attached hydrogens (tertiary/aromatic N) is 1. The maximum Gasteiger partial charge on any atom is 0.124 e. The number of aryl methyl sites for hydroxylation is 1. The highest BCUT2D eigenvalue weighted by molar-refractivity contribution is 5.53. The van der Waals surface area contributed by atoms with Gasteiger partial charge in [-0.2, -0.15) is 0 Å². The lowest BCUT2D eigenvalue weighted by Gasteiger charge is -2.09. The van der Waals surface area contributed by atoms with Gasteiger partial charge in [0.25, 0.3) is 0 Å². The average Bonchev–Trinajstić information content (AvgIpc) is 2.81. The summed E-state index contributed by atoms with van der Waals surface area (Å²) in [5, 5.41) is 3.29. The lowest BCUT2D eigenvalue weighted by Crippen LogP contribution is -2.00. The van der Waals surface area contributed by atoms with E-state index in [0.29, 0.717) is 6.54 Å². The molecule has 1 aromatic carbocycles. The summed E-state index contributed by atoms with van der Waals surface area (Å²) in [6.07, 6.45) is 1.82. The number of ether oxygens (including phenoxy) is 2. The standard InChI is InChI=1S/C13H17N3O2/c1-9-14-7-11(16-9)8-15-10-4-12(17-2)6-13(5-10)18-3/h4-7,15H,8H2,1-3H3,(H,14,16). The van der Waals surface area contributed by atoms with Gasteiger partial charge in [-0.15, -0.1) is 0 Å². The van der Waals surface area contributed by atoms with Gasteiger partial charge in [0.1, 0.15) is 17.3 Å². The van der Waals surface area contributed by atoms with Crippen LogP contribution in [0.2, 0.25) is 0 Å². The van der Waals surface area contributed by atoms with Gasteiger partial charge in [0.15, 0.2) is 0 Å². The van der Waals surface area contributed by atoms with E-state index in [-0.39, 0.29) is 0 Å². The molecule has 2 aromatic rings. The fourth-order valence-electron chi connectivity index (χ4n) is 1.67. The molecule has 2 rings (SSSR count). The number of H-pyrrole nitrogens is 1. The topological polar surface area (TPSA) is 59.2 Å². The third-order valence-electron chi connectivity index (χ3n) is 2.59. The SMILES string of the molecule is COc1cc(NCc2cnc(C)[nH]2)cc(OC)c1. The molecule has 1 heterocycles. The van der Waals surface area contributed by atoms with Crippen LogP contribution in [0.15, 0.2) is 24.4 Å². The number of aromatic amines is 1. The number of benzene rings is 1. The molecule has 0 aliphatic rings. The van der Waals surface area contributed by atoms with E-state index in [1.165, 1.54) is 0 Å². The zero-order valence-corrected chi connectivity index (χ0v) is 10.8. The summed E-state index contributed by atoms with van der Waals surface area (Å²) in [4.78, 5) is 7.32. The molecule has 5 heteroatoms. The van der Waals surface area contributed by atoms with Gasteiger partial charge < -0.3 is 19.8 Å². The van der Waals surface area contributed by atoms with Crippen LogP contribution in [0.25, 0.3) is 0 Å². The van der Waals surface area contributed by atoms with E-state index in [1.54, 1.807) is 14.2 Å². The van der Waals surface area contributed by atoms with Gasteiger partial charge in [-0.05, 0) is 6.92 Å². The number of aromatic nitrogens is 2. The average molecular weight is 247 g/mol. The smallest absolute Gasteiger partial charge is 0.124 e. The van der Waals surface area contributed by atoms with E-state index in [0.717, 1.165) is 28.7 Å². The second kappa shape index (κ2) is 5.44. The van der Waals surface area contributed by atoms with Crippen LogP contribution in [0, 0.1) is 6.92 Å². The van der Waals surface area contributed by atoms with Crippen molar-refractivity contribution in [1.29, 1.82) is 0 Å². The Labute approximate surface area is 106 Å². The van der Waals surface area contributed by atoms with E-state index < -0.39 is 0 Å². The van der Waals surface area contributed by atoms with Gasteiger partial charge in [0, 0.05) is 23.9 Å². The third kappa shape index (κ3) is 2.94. The van der Waals surface area contributed by atoms with Gasteiger partial charge in [0.2, 0.25) is 0 Å². The van der Waals surface area contributed by atoms with Crippen LogP contribution in [0.1, 0.15) is 11.5 Å². The Balaban J connectivity index is 2.08. The summed E-state index contributed by atoms with van der Waals surface area (Å²) in [7, 11) is 3.27. The Morgan fingerprint density at radius 3 is 2.33 bits per heavy atom. The maximum absolute atomic E-state index is 5.21. The van der Waals surface area contributed by atoms with Crippen molar-refractivity contribution >= 4 is 5.69 Å². The quantitative estimate of drug-likeness (QED) is 0.851. The minimum atomic E-state index is 0.678. The first-order valence-corrected chi connectivity index (χ1v) is 5.68. The van der Waals surface area contributed by atoms with Crippen molar-refractivity contribution in [2.75, 3.05) is 19.5 Å². The van der Waals surface area contributed by atoms with Gasteiger partial charge in [-0.25, -0.2) is 4.98 Å². The van der Waals surface area contributed by atoms with Gasteiger partial charge >= 0.3 is 0 Å². The summed E-state index contributed by atoms with van der Waals surface area (Å²) in [6.45, 7) is 2.61. The highest BCUT2D eigenvalue weighted by Crippen LogP contribution is 2.25. The number of hydrogen-bond donors (Lipinski definition) is 2. The zero-order valence-electron chi connectivity index (χ0n) is 10.8. The number of methoxy groups -OCH3 is 2. The molecule has 0 atom stereocenters. The van der Waals surface area contributed by atoms with Crippen molar-refractivity contribution in [2.45, 2.75) is 13.5 Å². The first-order valence-electron chi connectivity index (χ1n) is 5.68. The molecule has 0 fully saturated rings. The predicted molar refractivity (Wildman–Crippen MR) is 70.2 cm³/mol. The number of nitrogens with one attached hydrogen (secondary N) is 2. The molecule has 96 valence electrons. The van der Waals surface area contributed by atoms with Crippen molar-refractivity contribution < 1.29 is 9.47 Å². The number of imidazole rings is 1. The number of hydrogen-bond acceptors (Lipinski definition) is 4. The second-order valence-electron chi connectivity index (χ2n) is 3.95. The summed E-state index contributed by atoms with van der Waals surface area (Å²) in [6, 6.07) is 5.68. The van der Waals surface area contributed by atoms with Crippen LogP contribution in [-0.2, 0) is 6.54 Å². The minimum absolute atomic E-state index is 0.678. The summed E-state index contributed by atoms with van der Waals surface area (Å²) in [5.74, 6) is 2.44. The number of rotatable bonds is 5. The molecule has 0 saturated carbocycles. The fraction of sp³-hybridized carbons (Fsp3) is 0.308. The van der Waals surface area contributed by atoms with Gasteiger partial charge in [0.05, 0.1) is 32.7 Å². The highest BCUT2D eigenvalue weighted by Gasteiger charge is 2.02. The van der Waals surface area contributed by atoms with Gasteiger partial charge in [-0.3, -0.25) is 0 Å². The van der Waals surface area contributed by atoms with Crippen LogP contribution in [0.5, 0.6) is 11.5 Å². The molecule has 0 spiro atoms. The lowest BCUT2D eigenvalue weighted by molar-refractivity contribution is 0.394. The molecule has 0 aliphatic heterocycles. The maximum atomic E-state index is 5.21. The Kier molecular flexibility index (Phi) is 3.72. The molecule has 5 nitrogen and oxygen atoms in total. The molecule has 2 N–H and O–H groups in total. The van der Waals surface area contributed by atoms with Crippen LogP contribution in [-0.4, -0.2) is 24.2 Å². The molecule has 1 aromatic heterocycles. The van der Waals surface area contributed by atoms with Crippen LogP contribution < -0.4 is 14.8 Å². The summed E-state index contributed by atoms with van der Waals surface area (Å²) < 4.78 is 10.4. The fourth-order valence-corrected chi connectivity index (χ4v) is 1.67. The Morgan fingerprint density at radius 2 is 1.83 bits per heavy atom. The first-order chi connectivity index (χ1) is 8.71. The highest BCUT2D eigenvalue weighted by atomic mass is 16.5. The monoisotopic (exact) mass is 247 g/mol. The molecule has 0 aliphatic carbocycles. The summed E-state index contributed by atoms with van der Waals surface area (Å²) >= 11 is 0. The zero-order chi connectivity index (χ0) is 13.0. The normalized spacial score (nSPS) is 10.2. The Morgan fingerprint density at radius 1 is 1.17 bits per heavy atom. The van der Waals surface area contributed by atoms with E-state index >= 15 is 0 Å². The Bertz CT molecular complexity index is 500. The first kappa shape index (κ1) is 12.3. The lowest BCUT2D eigenvalue weighted by atomic mass is 10.2. The minimum Gasteiger partial charge on any atom is -0.497 e. The molecular formula is C13H17N3O2. The largest absolute Gasteiger partial charge is 0.497 e. The molecule has 0 amide bonds. The molecule has 0 unspecified atom stereocenters. The molecule has 0 saturated heterocycles. The van der Waals surface area contributed by atoms with E-state index in [9.17, 15) is 0 Å². The van der Waals surface area contributed by atoms with Crippen LogP contribution >= 0.6 is 0 Å². The third-order valence-corrected chi connectivity index (χ3v) is 2.59. The van der Waals surface area contributed by atoms with Crippen molar-refractivity contribution in [3.05, 3.63) is 35.9 Å². The van der Waals surface area contributed by atoms with Crippen LogP contribution in [0.4, 0.5) is 5.69 Å². The predicted octanol–water partition coefficient (Wildman–Crippen LogP) is 2.35. The second-order valence-corrected chi connectivity index (χ2v) is 3.95. The van der Waals surface area contributed by atoms with Crippen molar-refractivity contribution in [3.63, 3.8) is 0 Å². The molecule has 18 heavy (non-hydrogen) atoms. The van der Waals surface area contributed by atoms with Gasteiger partial charge in [-0.1, -0.05) is 0 Å². The molecule has 0 bridgehead atoms. The van der Waals surface area contributed by atoms with Crippen molar-refractivity contribution in [1.82, 2.24) is 9.97 Å².